The molecular weight excluding hydrogens is 224 g/mol. The first-order valence-corrected chi connectivity index (χ1v) is 5.86. The van der Waals surface area contributed by atoms with Gasteiger partial charge < -0.3 is 5.11 Å². The minimum atomic E-state index is 0.0183. The minimum Gasteiger partial charge on any atom is -0.508 e. The number of phenolic OH excluding ortho intramolecular Hbond substituents is 1. The van der Waals surface area contributed by atoms with Gasteiger partial charge in [0.25, 0.3) is 0 Å². The summed E-state index contributed by atoms with van der Waals surface area (Å²) >= 11 is 0. The number of carbonyl (C=O) groups excluding carboxylic acids is 1. The van der Waals surface area contributed by atoms with Gasteiger partial charge in [-0.3, -0.25) is 4.79 Å². The maximum absolute atomic E-state index is 12.2. The van der Waals surface area contributed by atoms with Crippen molar-refractivity contribution < 1.29 is 9.90 Å². The van der Waals surface area contributed by atoms with E-state index in [1.54, 1.807) is 12.1 Å². The number of benzene rings is 2. The van der Waals surface area contributed by atoms with Gasteiger partial charge in [0.1, 0.15) is 5.75 Å². The SMILES string of the molecule is O=C1C(=Cc2ccccc2)Cc2ccc(O)cc21. The number of Topliss-reactive ketones (excluding diaryl/α,β-unsaturated/α-hetero) is 1. The zero-order valence-electron chi connectivity index (χ0n) is 9.76. The molecule has 0 aliphatic heterocycles. The second kappa shape index (κ2) is 4.15. The Bertz CT molecular complexity index is 639. The highest BCUT2D eigenvalue weighted by molar-refractivity contribution is 6.15. The van der Waals surface area contributed by atoms with Crippen LogP contribution in [-0.4, -0.2) is 10.9 Å². The van der Waals surface area contributed by atoms with Crippen LogP contribution in [0.4, 0.5) is 0 Å². The molecule has 0 heterocycles. The Morgan fingerprint density at radius 3 is 2.61 bits per heavy atom. The summed E-state index contributed by atoms with van der Waals surface area (Å²) in [5.41, 5.74) is 3.41. The number of aromatic hydroxyl groups is 1. The number of ketones is 1. The molecule has 2 aromatic rings. The van der Waals surface area contributed by atoms with Crippen LogP contribution < -0.4 is 0 Å². The summed E-state index contributed by atoms with van der Waals surface area (Å²) in [4.78, 5) is 12.2. The molecule has 2 aromatic carbocycles. The predicted molar refractivity (Wildman–Crippen MR) is 70.6 cm³/mol. The molecule has 3 rings (SSSR count). The Labute approximate surface area is 105 Å². The van der Waals surface area contributed by atoms with E-state index in [1.807, 2.05) is 42.5 Å². The highest BCUT2D eigenvalue weighted by atomic mass is 16.3. The van der Waals surface area contributed by atoms with E-state index in [0.717, 1.165) is 16.7 Å². The Hall–Kier alpha value is -2.35. The molecule has 0 amide bonds. The molecule has 1 aliphatic rings. The lowest BCUT2D eigenvalue weighted by Crippen LogP contribution is -1.94. The van der Waals surface area contributed by atoms with Crippen molar-refractivity contribution in [2.24, 2.45) is 0 Å². The van der Waals surface area contributed by atoms with Gasteiger partial charge >= 0.3 is 0 Å². The second-order valence-electron chi connectivity index (χ2n) is 4.43. The minimum absolute atomic E-state index is 0.0183. The van der Waals surface area contributed by atoms with Gasteiger partial charge in [-0.15, -0.1) is 0 Å². The van der Waals surface area contributed by atoms with E-state index < -0.39 is 0 Å². The van der Waals surface area contributed by atoms with Crippen molar-refractivity contribution in [3.63, 3.8) is 0 Å². The molecule has 0 aromatic heterocycles. The highest BCUT2D eigenvalue weighted by Crippen LogP contribution is 2.30. The normalized spacial score (nSPS) is 16.0. The lowest BCUT2D eigenvalue weighted by Gasteiger charge is -1.96. The molecule has 0 bridgehead atoms. The van der Waals surface area contributed by atoms with E-state index in [0.29, 0.717) is 12.0 Å². The van der Waals surface area contributed by atoms with Crippen LogP contribution in [0.15, 0.2) is 54.1 Å². The van der Waals surface area contributed by atoms with E-state index in [2.05, 4.69) is 0 Å². The molecule has 2 nitrogen and oxygen atoms in total. The number of rotatable bonds is 1. The van der Waals surface area contributed by atoms with Crippen molar-refractivity contribution >= 4 is 11.9 Å². The lowest BCUT2D eigenvalue weighted by molar-refractivity contribution is 0.104. The molecule has 0 unspecified atom stereocenters. The molecule has 0 saturated carbocycles. The Balaban J connectivity index is 2.00. The van der Waals surface area contributed by atoms with E-state index in [4.69, 9.17) is 0 Å². The third-order valence-electron chi connectivity index (χ3n) is 3.15. The van der Waals surface area contributed by atoms with Crippen LogP contribution in [-0.2, 0) is 6.42 Å². The van der Waals surface area contributed by atoms with Crippen molar-refractivity contribution in [1.82, 2.24) is 0 Å². The van der Waals surface area contributed by atoms with Crippen molar-refractivity contribution in [2.45, 2.75) is 6.42 Å². The molecule has 0 fully saturated rings. The summed E-state index contributed by atoms with van der Waals surface area (Å²) in [5, 5.41) is 9.42. The summed E-state index contributed by atoms with van der Waals surface area (Å²) < 4.78 is 0. The van der Waals surface area contributed by atoms with Crippen LogP contribution >= 0.6 is 0 Å². The molecule has 1 aliphatic carbocycles. The third-order valence-corrected chi connectivity index (χ3v) is 3.15. The third kappa shape index (κ3) is 1.82. The van der Waals surface area contributed by atoms with E-state index in [-0.39, 0.29) is 11.5 Å². The predicted octanol–water partition coefficient (Wildman–Crippen LogP) is 3.21. The maximum Gasteiger partial charge on any atom is 0.189 e. The quantitative estimate of drug-likeness (QED) is 0.772. The van der Waals surface area contributed by atoms with Gasteiger partial charge in [0, 0.05) is 17.6 Å². The lowest BCUT2D eigenvalue weighted by atomic mass is 10.1. The van der Waals surface area contributed by atoms with Gasteiger partial charge in [0.05, 0.1) is 0 Å². The van der Waals surface area contributed by atoms with Crippen molar-refractivity contribution in [3.05, 3.63) is 70.8 Å². The van der Waals surface area contributed by atoms with Crippen LogP contribution in [0.5, 0.6) is 5.75 Å². The smallest absolute Gasteiger partial charge is 0.189 e. The average Bonchev–Trinajstić information content (AvgIpc) is 2.68. The zero-order chi connectivity index (χ0) is 12.5. The number of fused-ring (bicyclic) bond motifs is 1. The largest absolute Gasteiger partial charge is 0.508 e. The van der Waals surface area contributed by atoms with Gasteiger partial charge in [0.15, 0.2) is 5.78 Å². The van der Waals surface area contributed by atoms with Crippen molar-refractivity contribution in [3.8, 4) is 5.75 Å². The molecule has 0 saturated heterocycles. The molecule has 0 radical (unpaired) electrons. The van der Waals surface area contributed by atoms with E-state index in [9.17, 15) is 9.90 Å². The Kier molecular flexibility index (Phi) is 2.49. The van der Waals surface area contributed by atoms with Crippen LogP contribution in [0.2, 0.25) is 0 Å². The summed E-state index contributed by atoms with van der Waals surface area (Å²) in [6.07, 6.45) is 2.56. The van der Waals surface area contributed by atoms with Crippen LogP contribution in [0.3, 0.4) is 0 Å². The van der Waals surface area contributed by atoms with Gasteiger partial charge in [-0.05, 0) is 29.3 Å². The van der Waals surface area contributed by atoms with Gasteiger partial charge in [-0.25, -0.2) is 0 Å². The monoisotopic (exact) mass is 236 g/mol. The first-order chi connectivity index (χ1) is 8.74. The number of carbonyl (C=O) groups is 1. The Morgan fingerprint density at radius 1 is 1.06 bits per heavy atom. The van der Waals surface area contributed by atoms with Crippen LogP contribution in [0.1, 0.15) is 21.5 Å². The molecule has 88 valence electrons. The fourth-order valence-corrected chi connectivity index (χ4v) is 2.26. The molecule has 18 heavy (non-hydrogen) atoms. The molecule has 2 heteroatoms. The molecular formula is C16H12O2. The zero-order valence-corrected chi connectivity index (χ0v) is 9.76. The first-order valence-electron chi connectivity index (χ1n) is 5.86. The standard InChI is InChI=1S/C16H12O2/c17-14-7-6-12-9-13(16(18)15(12)10-14)8-11-4-2-1-3-5-11/h1-8,10,17H,9H2. The number of allylic oxidation sites excluding steroid dienone is 1. The van der Waals surface area contributed by atoms with E-state index in [1.165, 1.54) is 0 Å². The fraction of sp³-hybridized carbons (Fsp3) is 0.0625. The molecule has 1 N–H and O–H groups in total. The highest BCUT2D eigenvalue weighted by Gasteiger charge is 2.24. The van der Waals surface area contributed by atoms with Crippen LogP contribution in [0, 0.1) is 0 Å². The van der Waals surface area contributed by atoms with E-state index >= 15 is 0 Å². The van der Waals surface area contributed by atoms with Crippen molar-refractivity contribution in [2.75, 3.05) is 0 Å². The summed E-state index contributed by atoms with van der Waals surface area (Å²) in [6.45, 7) is 0. The fourth-order valence-electron chi connectivity index (χ4n) is 2.26. The summed E-state index contributed by atoms with van der Waals surface area (Å²) in [7, 11) is 0. The van der Waals surface area contributed by atoms with Gasteiger partial charge in [0.2, 0.25) is 0 Å². The first kappa shape index (κ1) is 10.8. The maximum atomic E-state index is 12.2. The molecule has 0 atom stereocenters. The second-order valence-corrected chi connectivity index (χ2v) is 4.43. The summed E-state index contributed by atoms with van der Waals surface area (Å²) in [5.74, 6) is 0.160. The summed E-state index contributed by atoms with van der Waals surface area (Å²) in [6, 6.07) is 14.8. The van der Waals surface area contributed by atoms with Crippen molar-refractivity contribution in [1.29, 1.82) is 0 Å². The average molecular weight is 236 g/mol. The molecule has 0 spiro atoms. The topological polar surface area (TPSA) is 37.3 Å². The number of phenols is 1. The van der Waals surface area contributed by atoms with Crippen LogP contribution in [0.25, 0.3) is 6.08 Å². The number of hydrogen-bond acceptors (Lipinski definition) is 2. The van der Waals surface area contributed by atoms with Gasteiger partial charge in [-0.1, -0.05) is 36.4 Å². The van der Waals surface area contributed by atoms with Gasteiger partial charge in [-0.2, -0.15) is 0 Å². The Morgan fingerprint density at radius 2 is 1.83 bits per heavy atom. The number of hydrogen-bond donors (Lipinski definition) is 1.